The van der Waals surface area contributed by atoms with Gasteiger partial charge in [0.25, 0.3) is 0 Å². The van der Waals surface area contributed by atoms with E-state index in [2.05, 4.69) is 38.1 Å². The summed E-state index contributed by atoms with van der Waals surface area (Å²) in [6, 6.07) is 12.2. The number of rotatable bonds is 3. The molecular weight excluding hydrogens is 569 g/mol. The van der Waals surface area contributed by atoms with E-state index in [0.717, 1.165) is 32.4 Å². The number of nitrogens with zero attached hydrogens (tertiary/aromatic N) is 2. The lowest BCUT2D eigenvalue weighted by Gasteiger charge is -2.21. The highest BCUT2D eigenvalue weighted by Crippen LogP contribution is 2.49. The van der Waals surface area contributed by atoms with Crippen LogP contribution < -0.4 is 0 Å². The third-order valence-electron chi connectivity index (χ3n) is 9.48. The van der Waals surface area contributed by atoms with Crippen LogP contribution in [0.15, 0.2) is 157 Å². The third kappa shape index (κ3) is 3.61. The van der Waals surface area contributed by atoms with Crippen molar-refractivity contribution in [1.82, 2.24) is 9.13 Å². The molecule has 10 rings (SSSR count). The monoisotopic (exact) mass is 615 g/mol. The fraction of sp³-hybridized carbons (Fsp3) is 0.0667. The number of aromatic nitrogens is 2. The van der Waals surface area contributed by atoms with Gasteiger partial charge in [-0.1, -0.05) is 123 Å². The highest BCUT2D eigenvalue weighted by molar-refractivity contribution is 6.26. The minimum atomic E-state index is -0.733. The molecule has 2 aromatic heterocycles. The Balaban J connectivity index is 1.42. The van der Waals surface area contributed by atoms with E-state index in [-0.39, 0.29) is 49.0 Å². The zero-order chi connectivity index (χ0) is 44.3. The fourth-order valence-corrected chi connectivity index (χ4v) is 7.38. The molecule has 0 saturated heterocycles. The van der Waals surface area contributed by atoms with Crippen molar-refractivity contribution in [1.29, 1.82) is 0 Å². The van der Waals surface area contributed by atoms with Crippen LogP contribution in [0.5, 0.6) is 0 Å². The van der Waals surface area contributed by atoms with Crippen molar-refractivity contribution < 1.29 is 20.6 Å². The summed E-state index contributed by atoms with van der Waals surface area (Å²) in [5, 5.41) is -0.479. The highest BCUT2D eigenvalue weighted by atomic mass is 15.0. The van der Waals surface area contributed by atoms with Gasteiger partial charge in [0.15, 0.2) is 0 Å². The average molecular weight is 616 g/mol. The summed E-state index contributed by atoms with van der Waals surface area (Å²) in [5.41, 5.74) is 5.06. The molecule has 1 aliphatic carbocycles. The summed E-state index contributed by atoms with van der Waals surface area (Å²) in [5.74, 6) is 0. The summed E-state index contributed by atoms with van der Waals surface area (Å²) < 4.78 is 137. The van der Waals surface area contributed by atoms with E-state index in [9.17, 15) is 8.22 Å². The SMILES string of the molecule is [2H]c1c([2H])c([2H])c(-n2c3c([2H])c([2H])c([2H])c([2H])c3c3c2c([2H])c([2H])c2c4c([2H])c([2H])c([2H])c([2H])c4n(-c4cccc(-c5ccc6c(c5)-c5ccccc5C6(C)C)c4)c23)c([2H])c1[2H]. The van der Waals surface area contributed by atoms with Crippen LogP contribution in [0.1, 0.15) is 45.5 Å². The Morgan fingerprint density at radius 2 is 1.19 bits per heavy atom. The zero-order valence-electron chi connectivity index (χ0n) is 40.2. The Kier molecular flexibility index (Phi) is 3.18. The summed E-state index contributed by atoms with van der Waals surface area (Å²) in [6.45, 7) is 4.36. The van der Waals surface area contributed by atoms with Crippen LogP contribution in [-0.4, -0.2) is 9.13 Å². The smallest absolute Gasteiger partial charge is 0.0645 e. The zero-order valence-corrected chi connectivity index (χ0v) is 25.2. The second kappa shape index (κ2) is 9.57. The summed E-state index contributed by atoms with van der Waals surface area (Å²) in [6.07, 6.45) is 0. The molecule has 222 valence electrons. The van der Waals surface area contributed by atoms with Crippen molar-refractivity contribution in [2.24, 2.45) is 0 Å². The van der Waals surface area contributed by atoms with Crippen molar-refractivity contribution >= 4 is 43.6 Å². The van der Waals surface area contributed by atoms with Gasteiger partial charge in [-0.25, -0.2) is 0 Å². The van der Waals surface area contributed by atoms with Gasteiger partial charge in [0, 0.05) is 38.3 Å². The van der Waals surface area contributed by atoms with Gasteiger partial charge in [-0.2, -0.15) is 0 Å². The summed E-state index contributed by atoms with van der Waals surface area (Å²) in [4.78, 5) is 0. The van der Waals surface area contributed by atoms with Crippen molar-refractivity contribution in [2.45, 2.75) is 19.3 Å². The van der Waals surface area contributed by atoms with E-state index >= 15 is 0 Å². The molecule has 0 amide bonds. The van der Waals surface area contributed by atoms with Gasteiger partial charge in [0.1, 0.15) is 0 Å². The normalized spacial score (nSPS) is 18.0. The first kappa shape index (κ1) is 15.6. The lowest BCUT2D eigenvalue weighted by Crippen LogP contribution is -2.14. The molecule has 0 aliphatic heterocycles. The summed E-state index contributed by atoms with van der Waals surface area (Å²) >= 11 is 0. The standard InChI is InChI=1S/C45H32N2/c1-45(2)38-20-9-6-17-33(38)37-28-30(23-25-39(37)45)29-13-12-16-32(27-29)47-40-21-10-7-18-34(40)35-24-26-42-43(44(35)47)36-19-8-11-22-41(36)46(42)31-14-4-3-5-15-31/h3-28H,1-2H3/i3D,4D,5D,7D,8D,10D,11D,14D,15D,18D,19D,21D,22D,24D,26D. The molecule has 0 spiro atoms. The maximum atomic E-state index is 9.58. The fourth-order valence-electron chi connectivity index (χ4n) is 7.38. The first-order valence-corrected chi connectivity index (χ1v) is 15.2. The van der Waals surface area contributed by atoms with E-state index in [1.165, 1.54) is 10.1 Å². The number of hydrogen-bond donors (Lipinski definition) is 0. The van der Waals surface area contributed by atoms with E-state index in [0.29, 0.717) is 5.69 Å². The lowest BCUT2D eigenvalue weighted by molar-refractivity contribution is 0.660. The molecule has 0 atom stereocenters. The maximum absolute atomic E-state index is 9.58. The first-order chi connectivity index (χ1) is 29.3. The third-order valence-corrected chi connectivity index (χ3v) is 9.48. The molecule has 0 fully saturated rings. The van der Waals surface area contributed by atoms with E-state index in [1.54, 1.807) is 12.1 Å². The van der Waals surface area contributed by atoms with Crippen molar-refractivity contribution in [3.63, 3.8) is 0 Å². The van der Waals surface area contributed by atoms with Crippen LogP contribution in [0.4, 0.5) is 0 Å². The first-order valence-electron chi connectivity index (χ1n) is 22.7. The molecule has 0 radical (unpaired) electrons. The van der Waals surface area contributed by atoms with E-state index in [1.807, 2.05) is 30.3 Å². The Bertz CT molecular complexity index is 3540. The maximum Gasteiger partial charge on any atom is 0.0645 e. The molecule has 47 heavy (non-hydrogen) atoms. The lowest BCUT2D eigenvalue weighted by atomic mass is 9.82. The van der Waals surface area contributed by atoms with Crippen LogP contribution in [0, 0.1) is 0 Å². The van der Waals surface area contributed by atoms with Crippen LogP contribution in [0.2, 0.25) is 0 Å². The van der Waals surface area contributed by atoms with Gasteiger partial charge in [0.05, 0.1) is 42.6 Å². The topological polar surface area (TPSA) is 9.86 Å². The van der Waals surface area contributed by atoms with Crippen molar-refractivity contribution in [3.8, 4) is 33.6 Å². The molecule has 0 unspecified atom stereocenters. The molecule has 2 heterocycles. The van der Waals surface area contributed by atoms with Crippen LogP contribution in [0.3, 0.4) is 0 Å². The Labute approximate surface area is 294 Å². The van der Waals surface area contributed by atoms with E-state index < -0.39 is 96.3 Å². The van der Waals surface area contributed by atoms with Gasteiger partial charge in [0.2, 0.25) is 0 Å². The Morgan fingerprint density at radius 1 is 0.489 bits per heavy atom. The van der Waals surface area contributed by atoms with Gasteiger partial charge in [-0.05, 0) is 81.8 Å². The van der Waals surface area contributed by atoms with Gasteiger partial charge < -0.3 is 9.13 Å². The molecule has 0 saturated carbocycles. The van der Waals surface area contributed by atoms with E-state index in [4.69, 9.17) is 12.3 Å². The number of hydrogen-bond acceptors (Lipinski definition) is 0. The number of para-hydroxylation sites is 3. The molecule has 0 N–H and O–H groups in total. The van der Waals surface area contributed by atoms with Crippen molar-refractivity contribution in [2.75, 3.05) is 0 Å². The minimum Gasteiger partial charge on any atom is -0.309 e. The van der Waals surface area contributed by atoms with Crippen LogP contribution in [0.25, 0.3) is 77.2 Å². The second-order valence-corrected chi connectivity index (χ2v) is 12.3. The Morgan fingerprint density at radius 3 is 2.04 bits per heavy atom. The second-order valence-electron chi connectivity index (χ2n) is 12.3. The van der Waals surface area contributed by atoms with Gasteiger partial charge >= 0.3 is 0 Å². The molecule has 0 bridgehead atoms. The van der Waals surface area contributed by atoms with Gasteiger partial charge in [-0.3, -0.25) is 0 Å². The number of fused-ring (bicyclic) bond motifs is 10. The van der Waals surface area contributed by atoms with Crippen LogP contribution >= 0.6 is 0 Å². The molecular formula is C45H32N2. The Hall–Kier alpha value is -5.86. The van der Waals surface area contributed by atoms with Crippen LogP contribution in [-0.2, 0) is 5.41 Å². The molecule has 9 aromatic rings. The highest BCUT2D eigenvalue weighted by Gasteiger charge is 2.35. The largest absolute Gasteiger partial charge is 0.309 e. The molecule has 2 nitrogen and oxygen atoms in total. The molecule has 2 heteroatoms. The summed E-state index contributed by atoms with van der Waals surface area (Å²) in [7, 11) is 0. The molecule has 7 aromatic carbocycles. The van der Waals surface area contributed by atoms with Gasteiger partial charge in [-0.15, -0.1) is 0 Å². The molecule has 1 aliphatic rings. The minimum absolute atomic E-state index is 0.00549. The number of benzene rings is 7. The predicted octanol–water partition coefficient (Wildman–Crippen LogP) is 11.9. The average Bonchev–Trinajstić information content (AvgIpc) is 3.88. The predicted molar refractivity (Wildman–Crippen MR) is 198 cm³/mol. The van der Waals surface area contributed by atoms with Crippen molar-refractivity contribution in [3.05, 3.63) is 168 Å². The quantitative estimate of drug-likeness (QED) is 0.187.